The molecule has 1 aliphatic rings. The Hall–Kier alpha value is -1.64. The van der Waals surface area contributed by atoms with Gasteiger partial charge < -0.3 is 14.8 Å². The summed E-state index contributed by atoms with van der Waals surface area (Å²) in [5.41, 5.74) is 0.377. The Morgan fingerprint density at radius 1 is 1.30 bits per heavy atom. The van der Waals surface area contributed by atoms with Gasteiger partial charge in [-0.25, -0.2) is 8.42 Å². The average molecular weight is 399 g/mol. The Morgan fingerprint density at radius 3 is 2.63 bits per heavy atom. The Morgan fingerprint density at radius 2 is 2.04 bits per heavy atom. The Kier molecular flexibility index (Phi) is 8.07. The molecule has 1 fully saturated rings. The van der Waals surface area contributed by atoms with Crippen LogP contribution in [0.4, 0.5) is 5.69 Å². The molecule has 152 valence electrons. The zero-order chi connectivity index (χ0) is 19.9. The quantitative estimate of drug-likeness (QED) is 0.655. The lowest BCUT2D eigenvalue weighted by atomic mass is 10.1. The van der Waals surface area contributed by atoms with Gasteiger partial charge in [0.05, 0.1) is 23.3 Å². The van der Waals surface area contributed by atoms with Crippen molar-refractivity contribution in [1.29, 1.82) is 0 Å². The molecule has 27 heavy (non-hydrogen) atoms. The number of amides is 1. The summed E-state index contributed by atoms with van der Waals surface area (Å²) in [5, 5.41) is 2.80. The van der Waals surface area contributed by atoms with Crippen molar-refractivity contribution in [2.24, 2.45) is 0 Å². The summed E-state index contributed by atoms with van der Waals surface area (Å²) in [5.74, 6) is 0.283. The first-order valence-corrected chi connectivity index (χ1v) is 11.0. The zero-order valence-corrected chi connectivity index (χ0v) is 17.2. The summed E-state index contributed by atoms with van der Waals surface area (Å²) in [6.07, 6.45) is 3.13. The molecule has 1 aromatic carbocycles. The van der Waals surface area contributed by atoms with Crippen LogP contribution in [0.3, 0.4) is 0 Å². The molecule has 7 nitrogen and oxygen atoms in total. The molecule has 0 saturated carbocycles. The highest BCUT2D eigenvalue weighted by atomic mass is 32.2. The maximum atomic E-state index is 12.8. The molecular formula is C19H30N2O5S. The summed E-state index contributed by atoms with van der Waals surface area (Å²) in [6, 6.07) is 4.58. The Bertz CT molecular complexity index is 726. The van der Waals surface area contributed by atoms with E-state index in [0.29, 0.717) is 44.0 Å². The van der Waals surface area contributed by atoms with Gasteiger partial charge in [-0.1, -0.05) is 13.8 Å². The third-order valence-corrected chi connectivity index (χ3v) is 6.63. The van der Waals surface area contributed by atoms with Crippen molar-refractivity contribution in [3.63, 3.8) is 0 Å². The molecular weight excluding hydrogens is 368 g/mol. The predicted molar refractivity (Wildman–Crippen MR) is 105 cm³/mol. The molecule has 1 N–H and O–H groups in total. The number of rotatable bonds is 10. The third-order valence-electron chi connectivity index (χ3n) is 4.59. The molecule has 1 aliphatic heterocycles. The van der Waals surface area contributed by atoms with E-state index in [-0.39, 0.29) is 16.9 Å². The first-order valence-electron chi connectivity index (χ1n) is 9.60. The fourth-order valence-electron chi connectivity index (χ4n) is 3.14. The average Bonchev–Trinajstić information content (AvgIpc) is 3.16. The van der Waals surface area contributed by atoms with E-state index in [9.17, 15) is 13.2 Å². The molecule has 8 heteroatoms. The topological polar surface area (TPSA) is 84.9 Å². The van der Waals surface area contributed by atoms with E-state index in [1.165, 1.54) is 16.4 Å². The Labute approximate surface area is 162 Å². The van der Waals surface area contributed by atoms with Crippen molar-refractivity contribution in [3.05, 3.63) is 18.2 Å². The van der Waals surface area contributed by atoms with Crippen LogP contribution in [0.1, 0.15) is 46.5 Å². The fourth-order valence-corrected chi connectivity index (χ4v) is 4.62. The first-order chi connectivity index (χ1) is 12.9. The molecule has 0 aromatic heterocycles. The number of carbonyl (C=O) groups is 1. The minimum absolute atomic E-state index is 0.136. The normalized spacial score (nSPS) is 17.3. The van der Waals surface area contributed by atoms with Gasteiger partial charge in [-0.3, -0.25) is 4.79 Å². The Balaban J connectivity index is 2.17. The van der Waals surface area contributed by atoms with Gasteiger partial charge in [-0.15, -0.1) is 0 Å². The standard InChI is InChI=1S/C19H30N2O5S/c1-4-21(5-2)27(23,24)16-10-11-18(25-6-3)17(14-16)20-19(22)12-9-15-8-7-13-26-15/h10-11,14-15H,4-9,12-13H2,1-3H3,(H,20,22). The van der Waals surface area contributed by atoms with E-state index < -0.39 is 10.0 Å². The van der Waals surface area contributed by atoms with E-state index in [1.54, 1.807) is 19.9 Å². The number of hydrogen-bond acceptors (Lipinski definition) is 5. The lowest BCUT2D eigenvalue weighted by Crippen LogP contribution is -2.30. The molecule has 1 amide bonds. The number of sulfonamides is 1. The van der Waals surface area contributed by atoms with Crippen LogP contribution in [0, 0.1) is 0 Å². The van der Waals surface area contributed by atoms with Gasteiger partial charge in [0.1, 0.15) is 5.75 Å². The molecule has 0 radical (unpaired) electrons. The minimum atomic E-state index is -3.61. The second kappa shape index (κ2) is 10.1. The molecule has 1 unspecified atom stereocenters. The van der Waals surface area contributed by atoms with Crippen LogP contribution < -0.4 is 10.1 Å². The fraction of sp³-hybridized carbons (Fsp3) is 0.632. The van der Waals surface area contributed by atoms with Crippen molar-refractivity contribution < 1.29 is 22.7 Å². The van der Waals surface area contributed by atoms with E-state index in [2.05, 4.69) is 5.32 Å². The molecule has 0 bridgehead atoms. The highest BCUT2D eigenvalue weighted by Gasteiger charge is 2.23. The number of ether oxygens (including phenoxy) is 2. The SMILES string of the molecule is CCOc1ccc(S(=O)(=O)N(CC)CC)cc1NC(=O)CCC1CCCO1. The molecule has 1 atom stereocenters. The van der Waals surface area contributed by atoms with Gasteiger partial charge in [0.15, 0.2) is 0 Å². The van der Waals surface area contributed by atoms with E-state index in [1.807, 2.05) is 6.92 Å². The molecule has 1 aromatic rings. The van der Waals surface area contributed by atoms with Gasteiger partial charge >= 0.3 is 0 Å². The van der Waals surface area contributed by atoms with E-state index >= 15 is 0 Å². The van der Waals surface area contributed by atoms with Crippen molar-refractivity contribution >= 4 is 21.6 Å². The van der Waals surface area contributed by atoms with Gasteiger partial charge in [0.25, 0.3) is 0 Å². The molecule has 1 heterocycles. The van der Waals surface area contributed by atoms with Crippen molar-refractivity contribution in [2.75, 3.05) is 31.6 Å². The number of benzene rings is 1. The number of nitrogens with one attached hydrogen (secondary N) is 1. The highest BCUT2D eigenvalue weighted by molar-refractivity contribution is 7.89. The van der Waals surface area contributed by atoms with Crippen LogP contribution in [0.2, 0.25) is 0 Å². The zero-order valence-electron chi connectivity index (χ0n) is 16.4. The summed E-state index contributed by atoms with van der Waals surface area (Å²) >= 11 is 0. The van der Waals surface area contributed by atoms with Gasteiger partial charge in [0, 0.05) is 26.1 Å². The predicted octanol–water partition coefficient (Wildman–Crippen LogP) is 3.01. The maximum Gasteiger partial charge on any atom is 0.243 e. The van der Waals surface area contributed by atoms with Gasteiger partial charge in [-0.2, -0.15) is 4.31 Å². The van der Waals surface area contributed by atoms with Crippen LogP contribution in [0.25, 0.3) is 0 Å². The van der Waals surface area contributed by atoms with E-state index in [4.69, 9.17) is 9.47 Å². The minimum Gasteiger partial charge on any atom is -0.492 e. The largest absolute Gasteiger partial charge is 0.492 e. The van der Waals surface area contributed by atoms with Crippen LogP contribution in [0.5, 0.6) is 5.75 Å². The number of hydrogen-bond donors (Lipinski definition) is 1. The summed E-state index contributed by atoms with van der Waals surface area (Å²) in [7, 11) is -3.61. The van der Waals surface area contributed by atoms with Crippen molar-refractivity contribution in [1.82, 2.24) is 4.31 Å². The number of carbonyl (C=O) groups excluding carboxylic acids is 1. The smallest absolute Gasteiger partial charge is 0.243 e. The second-order valence-corrected chi connectivity index (χ2v) is 8.34. The van der Waals surface area contributed by atoms with Gasteiger partial charge in [0.2, 0.25) is 15.9 Å². The van der Waals surface area contributed by atoms with Crippen LogP contribution in [-0.4, -0.2) is 51.0 Å². The molecule has 2 rings (SSSR count). The van der Waals surface area contributed by atoms with Crippen LogP contribution >= 0.6 is 0 Å². The van der Waals surface area contributed by atoms with Crippen LogP contribution in [-0.2, 0) is 19.6 Å². The van der Waals surface area contributed by atoms with E-state index in [0.717, 1.165) is 19.4 Å². The molecule has 0 spiro atoms. The first kappa shape index (κ1) is 21.7. The van der Waals surface area contributed by atoms with Crippen LogP contribution in [0.15, 0.2) is 23.1 Å². The summed E-state index contributed by atoms with van der Waals surface area (Å²) in [6.45, 7) is 7.37. The summed E-state index contributed by atoms with van der Waals surface area (Å²) < 4.78 is 38.0. The van der Waals surface area contributed by atoms with Gasteiger partial charge in [-0.05, 0) is 44.4 Å². The lowest BCUT2D eigenvalue weighted by Gasteiger charge is -2.20. The summed E-state index contributed by atoms with van der Waals surface area (Å²) in [4.78, 5) is 12.5. The maximum absolute atomic E-state index is 12.8. The lowest BCUT2D eigenvalue weighted by molar-refractivity contribution is -0.116. The molecule has 1 saturated heterocycles. The monoisotopic (exact) mass is 398 g/mol. The van der Waals surface area contributed by atoms with Crippen molar-refractivity contribution in [3.8, 4) is 5.75 Å². The number of nitrogens with zero attached hydrogens (tertiary/aromatic N) is 1. The highest BCUT2D eigenvalue weighted by Crippen LogP contribution is 2.29. The number of anilines is 1. The second-order valence-electron chi connectivity index (χ2n) is 6.40. The molecule has 0 aliphatic carbocycles. The third kappa shape index (κ3) is 5.67. The van der Waals surface area contributed by atoms with Crippen molar-refractivity contribution in [2.45, 2.75) is 57.5 Å².